The molecule has 5 atom stereocenters. The van der Waals surface area contributed by atoms with Crippen molar-refractivity contribution in [2.24, 2.45) is 5.92 Å². The number of carbonyl (C=O) groups excluding carboxylic acids is 3. The molecule has 0 bridgehead atoms. The van der Waals surface area contributed by atoms with E-state index in [-0.39, 0.29) is 38.4 Å². The van der Waals surface area contributed by atoms with Gasteiger partial charge in [-0.3, -0.25) is 9.59 Å². The number of amides is 4. The Hall–Kier alpha value is -5.27. The van der Waals surface area contributed by atoms with Gasteiger partial charge in [0.1, 0.15) is 40.9 Å². The zero-order valence-corrected chi connectivity index (χ0v) is 38.9. The highest BCUT2D eigenvalue weighted by Gasteiger charge is 2.61. The van der Waals surface area contributed by atoms with E-state index in [4.69, 9.17) is 19.4 Å². The maximum absolute atomic E-state index is 14.9. The van der Waals surface area contributed by atoms with E-state index in [2.05, 4.69) is 21.3 Å². The second-order valence-corrected chi connectivity index (χ2v) is 21.2. The minimum atomic E-state index is -3.62. The van der Waals surface area contributed by atoms with Crippen molar-refractivity contribution >= 4 is 61.2 Å². The van der Waals surface area contributed by atoms with Gasteiger partial charge >= 0.3 is 12.0 Å². The largest absolute Gasteiger partial charge is 0.497 e. The van der Waals surface area contributed by atoms with Gasteiger partial charge in [0.05, 0.1) is 36.7 Å². The first-order chi connectivity index (χ1) is 30.5. The second kappa shape index (κ2) is 19.5. The highest BCUT2D eigenvalue weighted by molar-refractivity contribution is 7.89. The SMILES string of the molecule is COc1ccc2c(O[C@@H]3C[C@H]4C(=O)N[C@]5(C(=O)O)CC5/C=C\CCCCC[C@H](NC(=O)NC(CN(C)S(=O)(=O)C(C)C)=C5CCC5)C(=O)N4C3)cc(-c3csc(NC(C)C)n3)nc2c1. The number of methoxy groups -OCH3 is 1. The number of hydrogen-bond donors (Lipinski definition) is 5. The molecule has 2 aliphatic carbocycles. The van der Waals surface area contributed by atoms with Crippen molar-refractivity contribution < 1.29 is 42.2 Å². The predicted molar refractivity (Wildman–Crippen MR) is 245 cm³/mol. The van der Waals surface area contributed by atoms with E-state index in [1.165, 1.54) is 27.6 Å². The first kappa shape index (κ1) is 46.7. The number of anilines is 1. The van der Waals surface area contributed by atoms with Crippen molar-refractivity contribution in [1.29, 1.82) is 0 Å². The number of ether oxygens (including phenoxy) is 2. The Kier molecular flexibility index (Phi) is 14.2. The van der Waals surface area contributed by atoms with Crippen molar-refractivity contribution in [3.05, 3.63) is 53.1 Å². The molecule has 0 radical (unpaired) electrons. The van der Waals surface area contributed by atoms with Gasteiger partial charge in [-0.1, -0.05) is 25.0 Å². The number of nitrogens with zero attached hydrogens (tertiary/aromatic N) is 4. The molecule has 0 spiro atoms. The fourth-order valence-electron chi connectivity index (χ4n) is 8.46. The second-order valence-electron chi connectivity index (χ2n) is 17.8. The maximum atomic E-state index is 14.9. The molecule has 1 unspecified atom stereocenters. The van der Waals surface area contributed by atoms with Crippen LogP contribution in [0.2, 0.25) is 0 Å². The minimum Gasteiger partial charge on any atom is -0.497 e. The van der Waals surface area contributed by atoms with Crippen molar-refractivity contribution in [1.82, 2.24) is 35.1 Å². The lowest BCUT2D eigenvalue weighted by molar-refractivity contribution is -0.145. The molecule has 346 valence electrons. The Morgan fingerprint density at radius 1 is 1.08 bits per heavy atom. The van der Waals surface area contributed by atoms with Gasteiger partial charge in [-0.2, -0.15) is 4.31 Å². The van der Waals surface area contributed by atoms with Gasteiger partial charge in [0, 0.05) is 54.0 Å². The van der Waals surface area contributed by atoms with Crippen LogP contribution in [0.4, 0.5) is 9.93 Å². The standard InChI is InChI=1S/C45H60N8O9S2/c1-26(2)46-44-50-37(25-63-44)35-21-39(32-18-17-30(61-6)19-34(32)47-35)62-31-20-38-40(54)51-45(42(56)57)22-29(45)15-10-8-7-9-11-16-33(41(55)53(38)23-31)48-43(58)49-36(28-13-12-14-28)24-52(5)64(59,60)27(3)4/h10,15,17-19,21,25-27,29,31,33,38H,7-9,11-14,16,20,22-24H2,1-6H3,(H,46,50)(H,51,54)(H,56,57)(H2,48,49,58)/b15-10-/t29?,31-,33+,38+,45-/m1/s1. The number of pyridine rings is 1. The number of carboxylic acids is 1. The van der Waals surface area contributed by atoms with Crippen LogP contribution in [0.5, 0.6) is 11.5 Å². The Morgan fingerprint density at radius 2 is 1.86 bits per heavy atom. The van der Waals surface area contributed by atoms with Crippen LogP contribution in [0.3, 0.4) is 0 Å². The number of thiazole rings is 1. The van der Waals surface area contributed by atoms with E-state index in [0.29, 0.717) is 65.2 Å². The average Bonchev–Trinajstić information content (AvgIpc) is 3.48. The van der Waals surface area contributed by atoms with Gasteiger partial charge < -0.3 is 40.7 Å². The minimum absolute atomic E-state index is 0.0358. The normalized spacial score (nSPS) is 24.5. The summed E-state index contributed by atoms with van der Waals surface area (Å²) in [4.78, 5) is 67.0. The molecule has 2 aliphatic heterocycles. The van der Waals surface area contributed by atoms with Gasteiger partial charge in [0.25, 0.3) is 0 Å². The van der Waals surface area contributed by atoms with Crippen LogP contribution in [-0.4, -0.2) is 119 Å². The zero-order valence-electron chi connectivity index (χ0n) is 37.3. The molecule has 7 rings (SSSR count). The molecule has 1 saturated heterocycles. The van der Waals surface area contributed by atoms with E-state index in [1.54, 1.807) is 39.2 Å². The Bertz CT molecular complexity index is 2430. The smallest absolute Gasteiger partial charge is 0.330 e. The quantitative estimate of drug-likeness (QED) is 0.129. The number of aromatic nitrogens is 2. The molecule has 19 heteroatoms. The van der Waals surface area contributed by atoms with Crippen LogP contribution >= 0.6 is 11.3 Å². The number of fused-ring (bicyclic) bond motifs is 3. The molecule has 2 aromatic heterocycles. The molecular weight excluding hydrogens is 861 g/mol. The van der Waals surface area contributed by atoms with Gasteiger partial charge in [0.15, 0.2) is 5.13 Å². The van der Waals surface area contributed by atoms with Gasteiger partial charge in [-0.05, 0) is 90.3 Å². The number of aliphatic carboxylic acids is 1. The lowest BCUT2D eigenvalue weighted by Crippen LogP contribution is -2.57. The maximum Gasteiger partial charge on any atom is 0.330 e. The number of rotatable bonds is 13. The van der Waals surface area contributed by atoms with Crippen LogP contribution in [-0.2, 0) is 24.4 Å². The molecular formula is C45H60N8O9S2. The van der Waals surface area contributed by atoms with Crippen LogP contribution in [0, 0.1) is 5.92 Å². The summed E-state index contributed by atoms with van der Waals surface area (Å²) >= 11 is 1.45. The summed E-state index contributed by atoms with van der Waals surface area (Å²) in [5, 5.41) is 24.9. The molecule has 3 aromatic rings. The van der Waals surface area contributed by atoms with Crippen LogP contribution in [0.15, 0.2) is 53.1 Å². The van der Waals surface area contributed by atoms with Crippen molar-refractivity contribution in [2.75, 3.05) is 32.6 Å². The topological polar surface area (TPSA) is 221 Å². The third kappa shape index (κ3) is 10.3. The summed E-state index contributed by atoms with van der Waals surface area (Å²) in [7, 11) is -0.572. The predicted octanol–water partition coefficient (Wildman–Crippen LogP) is 5.79. The highest BCUT2D eigenvalue weighted by Crippen LogP contribution is 2.46. The molecule has 3 fully saturated rings. The first-order valence-electron chi connectivity index (χ1n) is 22.1. The summed E-state index contributed by atoms with van der Waals surface area (Å²) in [6, 6.07) is 4.51. The lowest BCUT2D eigenvalue weighted by Gasteiger charge is -2.30. The Labute approximate surface area is 378 Å². The van der Waals surface area contributed by atoms with Crippen molar-refractivity contribution in [2.45, 2.75) is 127 Å². The number of likely N-dealkylation sites (N-methyl/N-ethyl adjacent to an activating group) is 1. The molecule has 5 N–H and O–H groups in total. The zero-order chi connectivity index (χ0) is 45.9. The summed E-state index contributed by atoms with van der Waals surface area (Å²) < 4.78 is 39.5. The Morgan fingerprint density at radius 3 is 2.55 bits per heavy atom. The molecule has 4 heterocycles. The summed E-state index contributed by atoms with van der Waals surface area (Å²) in [6.45, 7) is 7.17. The number of allylic oxidation sites excluding steroid dienone is 2. The third-order valence-electron chi connectivity index (χ3n) is 12.4. The summed E-state index contributed by atoms with van der Waals surface area (Å²) in [5.74, 6) is -1.66. The van der Waals surface area contributed by atoms with E-state index in [9.17, 15) is 32.7 Å². The van der Waals surface area contributed by atoms with E-state index in [0.717, 1.165) is 30.0 Å². The molecule has 2 saturated carbocycles. The number of sulfonamides is 1. The number of urea groups is 1. The van der Waals surface area contributed by atoms with Crippen molar-refractivity contribution in [3.63, 3.8) is 0 Å². The fraction of sp³-hybridized carbons (Fsp3) is 0.556. The van der Waals surface area contributed by atoms with E-state index < -0.39 is 68.7 Å². The molecule has 64 heavy (non-hydrogen) atoms. The van der Waals surface area contributed by atoms with E-state index >= 15 is 0 Å². The summed E-state index contributed by atoms with van der Waals surface area (Å²) in [5.41, 5.74) is 1.66. The number of carbonyl (C=O) groups is 4. The van der Waals surface area contributed by atoms with Crippen LogP contribution in [0.1, 0.15) is 91.9 Å². The first-order valence-corrected chi connectivity index (χ1v) is 24.5. The summed E-state index contributed by atoms with van der Waals surface area (Å²) in [6.07, 6.45) is 8.75. The van der Waals surface area contributed by atoms with Crippen LogP contribution in [0.25, 0.3) is 22.3 Å². The number of nitrogens with one attached hydrogen (secondary N) is 4. The molecule has 17 nitrogen and oxygen atoms in total. The van der Waals surface area contributed by atoms with Crippen molar-refractivity contribution in [3.8, 4) is 22.9 Å². The molecule has 1 aromatic carbocycles. The average molecular weight is 921 g/mol. The van der Waals surface area contributed by atoms with E-state index in [1.807, 2.05) is 37.4 Å². The van der Waals surface area contributed by atoms with Crippen LogP contribution < -0.4 is 30.7 Å². The van der Waals surface area contributed by atoms with Gasteiger partial charge in [-0.25, -0.2) is 28.0 Å². The lowest BCUT2D eigenvalue weighted by atomic mass is 9.90. The fourth-order valence-corrected chi connectivity index (χ4v) is 10.3. The number of hydrogen-bond acceptors (Lipinski definition) is 12. The highest BCUT2D eigenvalue weighted by atomic mass is 32.2. The monoisotopic (exact) mass is 920 g/mol. The Balaban J connectivity index is 1.19. The van der Waals surface area contributed by atoms with Gasteiger partial charge in [0.2, 0.25) is 21.8 Å². The molecule has 4 aliphatic rings. The number of benzene rings is 1. The molecule has 4 amide bonds. The van der Waals surface area contributed by atoms with Gasteiger partial charge in [-0.15, -0.1) is 11.3 Å². The number of carboxylic acid groups (broad SMARTS) is 1. The third-order valence-corrected chi connectivity index (χ3v) is 15.4.